The monoisotopic (exact) mass is 415 g/mol. The zero-order valence-corrected chi connectivity index (χ0v) is 14.3. The lowest BCUT2D eigenvalue weighted by molar-refractivity contribution is -0.143. The van der Waals surface area contributed by atoms with Gasteiger partial charge in [-0.3, -0.25) is 14.2 Å². The summed E-state index contributed by atoms with van der Waals surface area (Å²) in [6.07, 6.45) is -9.13. The molecule has 0 spiro atoms. The Bertz CT molecular complexity index is 1100. The van der Waals surface area contributed by atoms with Crippen molar-refractivity contribution in [3.8, 4) is 0 Å². The van der Waals surface area contributed by atoms with Crippen LogP contribution >= 0.6 is 0 Å². The number of hydrogen-bond donors (Lipinski definition) is 1. The molecule has 3 aromatic rings. The Morgan fingerprint density at radius 2 is 1.55 bits per heavy atom. The molecule has 11 heteroatoms. The standard InChI is InChI=1S/C18H11F6N3O2/c19-17(20,21)10-5-11(18(22,23)24)7-12(6-10)26-15(28)9-27-14-4-2-1-3-13(14)25-8-16(27)29/h1-8H,9H2,(H,26,28). The van der Waals surface area contributed by atoms with E-state index in [1.165, 1.54) is 6.07 Å². The summed E-state index contributed by atoms with van der Waals surface area (Å²) in [5, 5.41) is 1.99. The van der Waals surface area contributed by atoms with Crippen LogP contribution in [0.25, 0.3) is 11.0 Å². The molecule has 1 amide bonds. The lowest BCUT2D eigenvalue weighted by Crippen LogP contribution is -2.28. The number of benzene rings is 2. The highest BCUT2D eigenvalue weighted by atomic mass is 19.4. The minimum Gasteiger partial charge on any atom is -0.325 e. The molecule has 152 valence electrons. The molecule has 0 unspecified atom stereocenters. The molecule has 0 bridgehead atoms. The molecule has 0 fully saturated rings. The van der Waals surface area contributed by atoms with E-state index in [0.29, 0.717) is 17.6 Å². The van der Waals surface area contributed by atoms with Gasteiger partial charge in [-0.25, -0.2) is 4.98 Å². The Morgan fingerprint density at radius 1 is 0.966 bits per heavy atom. The third-order valence-electron chi connectivity index (χ3n) is 3.93. The molecule has 0 aliphatic carbocycles. The van der Waals surface area contributed by atoms with Gasteiger partial charge >= 0.3 is 12.4 Å². The summed E-state index contributed by atoms with van der Waals surface area (Å²) < 4.78 is 78.5. The summed E-state index contributed by atoms with van der Waals surface area (Å²) in [6, 6.07) is 7.04. The smallest absolute Gasteiger partial charge is 0.325 e. The number of carbonyl (C=O) groups excluding carboxylic acids is 1. The average molecular weight is 415 g/mol. The van der Waals surface area contributed by atoms with Crippen LogP contribution in [0.1, 0.15) is 11.1 Å². The number of rotatable bonds is 3. The highest BCUT2D eigenvalue weighted by molar-refractivity contribution is 5.91. The van der Waals surface area contributed by atoms with Gasteiger partial charge in [0.05, 0.1) is 28.4 Å². The Kier molecular flexibility index (Phi) is 5.07. The number of nitrogens with one attached hydrogen (secondary N) is 1. The topological polar surface area (TPSA) is 64.0 Å². The fourth-order valence-electron chi connectivity index (χ4n) is 2.65. The van der Waals surface area contributed by atoms with E-state index >= 15 is 0 Å². The van der Waals surface area contributed by atoms with Crippen molar-refractivity contribution in [2.24, 2.45) is 0 Å². The molecule has 0 radical (unpaired) electrons. The molecule has 1 aromatic heterocycles. The molecule has 0 saturated heterocycles. The van der Waals surface area contributed by atoms with E-state index in [9.17, 15) is 35.9 Å². The SMILES string of the molecule is O=C(Cn1c(=O)cnc2ccccc21)Nc1cc(C(F)(F)F)cc(C(F)(F)F)c1. The van der Waals surface area contributed by atoms with Gasteiger partial charge in [-0.2, -0.15) is 26.3 Å². The molecule has 0 saturated carbocycles. The quantitative estimate of drug-likeness (QED) is 0.656. The van der Waals surface area contributed by atoms with Gasteiger partial charge in [-0.1, -0.05) is 12.1 Å². The number of anilines is 1. The predicted octanol–water partition coefficient (Wildman–Crippen LogP) is 4.07. The maximum atomic E-state index is 12.9. The van der Waals surface area contributed by atoms with E-state index in [-0.39, 0.29) is 11.6 Å². The summed E-state index contributed by atoms with van der Waals surface area (Å²) >= 11 is 0. The van der Waals surface area contributed by atoms with E-state index in [4.69, 9.17) is 0 Å². The number of amides is 1. The highest BCUT2D eigenvalue weighted by Crippen LogP contribution is 2.37. The molecular formula is C18H11F6N3O2. The first kappa shape index (κ1) is 20.4. The maximum Gasteiger partial charge on any atom is 0.416 e. The maximum absolute atomic E-state index is 12.9. The van der Waals surface area contributed by atoms with Gasteiger partial charge in [-0.05, 0) is 30.3 Å². The molecule has 1 heterocycles. The second kappa shape index (κ2) is 7.22. The van der Waals surface area contributed by atoms with Crippen LogP contribution in [0.2, 0.25) is 0 Å². The molecule has 29 heavy (non-hydrogen) atoms. The van der Waals surface area contributed by atoms with Gasteiger partial charge in [0.1, 0.15) is 6.54 Å². The first-order chi connectivity index (χ1) is 13.4. The molecule has 0 aliphatic heterocycles. The number of nitrogens with zero attached hydrogens (tertiary/aromatic N) is 2. The molecule has 3 rings (SSSR count). The molecule has 0 aliphatic rings. The first-order valence-corrected chi connectivity index (χ1v) is 7.99. The molecule has 2 aromatic carbocycles. The number of carbonyl (C=O) groups is 1. The van der Waals surface area contributed by atoms with Crippen molar-refractivity contribution >= 4 is 22.6 Å². The summed E-state index contributed by atoms with van der Waals surface area (Å²) in [5.74, 6) is -0.976. The minimum absolute atomic E-state index is 0.0451. The fourth-order valence-corrected chi connectivity index (χ4v) is 2.65. The van der Waals surface area contributed by atoms with Gasteiger partial charge in [0.15, 0.2) is 0 Å². The number of aromatic nitrogens is 2. The third-order valence-corrected chi connectivity index (χ3v) is 3.93. The van der Waals surface area contributed by atoms with Gasteiger partial charge in [0.25, 0.3) is 5.56 Å². The largest absolute Gasteiger partial charge is 0.416 e. The van der Waals surface area contributed by atoms with Crippen LogP contribution < -0.4 is 10.9 Å². The van der Waals surface area contributed by atoms with Crippen LogP contribution in [0.4, 0.5) is 32.0 Å². The summed E-state index contributed by atoms with van der Waals surface area (Å²) in [6.45, 7) is -0.626. The van der Waals surface area contributed by atoms with E-state index in [1.807, 2.05) is 5.32 Å². The predicted molar refractivity (Wildman–Crippen MR) is 91.1 cm³/mol. The van der Waals surface area contributed by atoms with Crippen molar-refractivity contribution in [1.29, 1.82) is 0 Å². The summed E-state index contributed by atoms with van der Waals surface area (Å²) in [4.78, 5) is 28.2. The van der Waals surface area contributed by atoms with Crippen LogP contribution in [0.3, 0.4) is 0 Å². The zero-order chi connectivity index (χ0) is 21.4. The molecule has 0 atom stereocenters. The lowest BCUT2D eigenvalue weighted by atomic mass is 10.1. The average Bonchev–Trinajstić information content (AvgIpc) is 2.62. The van der Waals surface area contributed by atoms with E-state index in [0.717, 1.165) is 10.8 Å². The molecular weight excluding hydrogens is 404 g/mol. The number of halogens is 6. The van der Waals surface area contributed by atoms with Crippen molar-refractivity contribution in [3.63, 3.8) is 0 Å². The van der Waals surface area contributed by atoms with Crippen LogP contribution in [-0.2, 0) is 23.7 Å². The summed E-state index contributed by atoms with van der Waals surface area (Å²) in [7, 11) is 0. The van der Waals surface area contributed by atoms with Crippen LogP contribution in [-0.4, -0.2) is 15.5 Å². The Hall–Kier alpha value is -3.37. The van der Waals surface area contributed by atoms with Gasteiger partial charge in [0, 0.05) is 5.69 Å². The van der Waals surface area contributed by atoms with Crippen molar-refractivity contribution in [1.82, 2.24) is 9.55 Å². The van der Waals surface area contributed by atoms with Gasteiger partial charge in [0.2, 0.25) is 5.91 Å². The Balaban J connectivity index is 1.94. The highest BCUT2D eigenvalue weighted by Gasteiger charge is 2.37. The second-order valence-electron chi connectivity index (χ2n) is 6.01. The molecule has 1 N–H and O–H groups in total. The third kappa shape index (κ3) is 4.55. The van der Waals surface area contributed by atoms with Crippen molar-refractivity contribution < 1.29 is 31.1 Å². The van der Waals surface area contributed by atoms with E-state index in [2.05, 4.69) is 4.98 Å². The lowest BCUT2D eigenvalue weighted by Gasteiger charge is -2.15. The van der Waals surface area contributed by atoms with Crippen LogP contribution in [0, 0.1) is 0 Å². The zero-order valence-electron chi connectivity index (χ0n) is 14.3. The van der Waals surface area contributed by atoms with Crippen molar-refractivity contribution in [2.45, 2.75) is 18.9 Å². The summed E-state index contributed by atoms with van der Waals surface area (Å²) in [5.41, 5.74) is -3.79. The van der Waals surface area contributed by atoms with E-state index < -0.39 is 47.2 Å². The normalized spacial score (nSPS) is 12.2. The van der Waals surface area contributed by atoms with Crippen LogP contribution in [0.15, 0.2) is 53.5 Å². The number of fused-ring (bicyclic) bond motifs is 1. The Labute approximate surface area is 158 Å². The van der Waals surface area contributed by atoms with Crippen molar-refractivity contribution in [3.05, 3.63) is 70.1 Å². The number of hydrogen-bond acceptors (Lipinski definition) is 3. The fraction of sp³-hybridized carbons (Fsp3) is 0.167. The van der Waals surface area contributed by atoms with Crippen molar-refractivity contribution in [2.75, 3.05) is 5.32 Å². The van der Waals surface area contributed by atoms with Crippen LogP contribution in [0.5, 0.6) is 0 Å². The molecule has 5 nitrogen and oxygen atoms in total. The van der Waals surface area contributed by atoms with Gasteiger partial charge in [-0.15, -0.1) is 0 Å². The second-order valence-corrected chi connectivity index (χ2v) is 6.01. The Morgan fingerprint density at radius 3 is 2.14 bits per heavy atom. The van der Waals surface area contributed by atoms with Gasteiger partial charge < -0.3 is 5.32 Å². The first-order valence-electron chi connectivity index (χ1n) is 7.99. The number of alkyl halides is 6. The minimum atomic E-state index is -5.04. The number of para-hydroxylation sites is 2. The van der Waals surface area contributed by atoms with E-state index in [1.54, 1.807) is 18.2 Å².